The largest absolute Gasteiger partial charge is 0.351 e. The van der Waals surface area contributed by atoms with Crippen molar-refractivity contribution >= 4 is 46.3 Å². The Kier molecular flexibility index (Phi) is 8.62. The Bertz CT molecular complexity index is 1210. The van der Waals surface area contributed by atoms with Crippen LogP contribution in [0.1, 0.15) is 43.4 Å². The van der Waals surface area contributed by atoms with Crippen molar-refractivity contribution in [3.05, 3.63) is 70.0 Å². The number of thiophene rings is 1. The minimum atomic E-state index is -0.370. The summed E-state index contributed by atoms with van der Waals surface area (Å²) in [6.07, 6.45) is 9.32. The molecule has 4 N–H and O–H groups in total. The quantitative estimate of drug-likeness (QED) is 0.385. The zero-order valence-electron chi connectivity index (χ0n) is 19.0. The average Bonchev–Trinajstić information content (AvgIpc) is 3.50. The SMILES string of the molecule is NCc1ccc(F)cc1-c1cccs1.O=C1NC(=O)/C(=C/c2ccnc(NC3CCCCC3)n2)S1. The van der Waals surface area contributed by atoms with Crippen molar-refractivity contribution < 1.29 is 14.0 Å². The molecule has 1 aliphatic heterocycles. The van der Waals surface area contributed by atoms with Crippen LogP contribution in [-0.2, 0) is 11.3 Å². The maximum Gasteiger partial charge on any atom is 0.290 e. The molecule has 0 radical (unpaired) electrons. The van der Waals surface area contributed by atoms with E-state index < -0.39 is 0 Å². The van der Waals surface area contributed by atoms with Crippen LogP contribution in [0.4, 0.5) is 15.1 Å². The van der Waals surface area contributed by atoms with E-state index in [0.29, 0.717) is 29.1 Å². The molecular formula is C25H26FN5O2S2. The molecule has 3 heterocycles. The van der Waals surface area contributed by atoms with Gasteiger partial charge in [-0.25, -0.2) is 14.4 Å². The van der Waals surface area contributed by atoms with E-state index in [1.54, 1.807) is 35.7 Å². The van der Waals surface area contributed by atoms with Gasteiger partial charge in [0, 0.05) is 23.7 Å². The number of hydrogen-bond acceptors (Lipinski definition) is 8. The summed E-state index contributed by atoms with van der Waals surface area (Å²) in [4.78, 5) is 32.7. The van der Waals surface area contributed by atoms with Crippen molar-refractivity contribution in [2.24, 2.45) is 5.73 Å². The van der Waals surface area contributed by atoms with Crippen LogP contribution in [0.25, 0.3) is 16.5 Å². The van der Waals surface area contributed by atoms with E-state index in [1.165, 1.54) is 31.4 Å². The Balaban J connectivity index is 0.000000179. The zero-order valence-corrected chi connectivity index (χ0v) is 20.6. The van der Waals surface area contributed by atoms with Gasteiger partial charge in [-0.3, -0.25) is 14.9 Å². The summed E-state index contributed by atoms with van der Waals surface area (Å²) in [5, 5.41) is 7.19. The molecule has 2 aliphatic rings. The Morgan fingerprint density at radius 2 is 2.00 bits per heavy atom. The summed E-state index contributed by atoms with van der Waals surface area (Å²) in [6, 6.07) is 10.8. The number of rotatable bonds is 5. The van der Waals surface area contributed by atoms with Crippen LogP contribution in [0.15, 0.2) is 52.9 Å². The van der Waals surface area contributed by atoms with Gasteiger partial charge in [-0.05, 0) is 71.5 Å². The Labute approximate surface area is 211 Å². The molecule has 1 saturated carbocycles. The molecule has 2 aromatic heterocycles. The number of carbonyl (C=O) groups excluding carboxylic acids is 2. The molecule has 182 valence electrons. The molecule has 1 saturated heterocycles. The molecule has 3 aromatic rings. The third-order valence-corrected chi connectivity index (χ3v) is 7.33. The molecular weight excluding hydrogens is 485 g/mol. The summed E-state index contributed by atoms with van der Waals surface area (Å²) < 4.78 is 13.0. The Morgan fingerprint density at radius 3 is 2.69 bits per heavy atom. The van der Waals surface area contributed by atoms with Crippen LogP contribution in [0, 0.1) is 5.82 Å². The van der Waals surface area contributed by atoms with Gasteiger partial charge in [-0.1, -0.05) is 31.4 Å². The first-order chi connectivity index (χ1) is 17.0. The summed E-state index contributed by atoms with van der Waals surface area (Å²) in [5.74, 6) is -0.0121. The van der Waals surface area contributed by atoms with Crippen molar-refractivity contribution in [1.29, 1.82) is 0 Å². The smallest absolute Gasteiger partial charge is 0.290 e. The molecule has 35 heavy (non-hydrogen) atoms. The third kappa shape index (κ3) is 6.97. The maximum absolute atomic E-state index is 13.0. The van der Waals surface area contributed by atoms with Gasteiger partial charge in [-0.2, -0.15) is 0 Å². The summed E-state index contributed by atoms with van der Waals surface area (Å²) in [5.41, 5.74) is 8.10. The van der Waals surface area contributed by atoms with Gasteiger partial charge in [-0.15, -0.1) is 11.3 Å². The predicted octanol–water partition coefficient (Wildman–Crippen LogP) is 5.56. The lowest BCUT2D eigenvalue weighted by molar-refractivity contribution is -0.115. The number of thioether (sulfide) groups is 1. The number of nitrogens with two attached hydrogens (primary N) is 1. The zero-order chi connectivity index (χ0) is 24.6. The number of nitrogens with zero attached hydrogens (tertiary/aromatic N) is 2. The van der Waals surface area contributed by atoms with Crippen molar-refractivity contribution in [2.75, 3.05) is 5.32 Å². The van der Waals surface area contributed by atoms with Crippen molar-refractivity contribution in [2.45, 2.75) is 44.7 Å². The summed E-state index contributed by atoms with van der Waals surface area (Å²) in [7, 11) is 0. The highest BCUT2D eigenvalue weighted by Crippen LogP contribution is 2.28. The van der Waals surface area contributed by atoms with Gasteiger partial charge in [0.25, 0.3) is 11.1 Å². The fraction of sp³-hybridized carbons (Fsp3) is 0.280. The van der Waals surface area contributed by atoms with Gasteiger partial charge >= 0.3 is 0 Å². The number of anilines is 1. The van der Waals surface area contributed by atoms with Gasteiger partial charge in [0.1, 0.15) is 5.82 Å². The minimum absolute atomic E-state index is 0.217. The molecule has 1 aliphatic carbocycles. The van der Waals surface area contributed by atoms with Crippen molar-refractivity contribution in [3.8, 4) is 10.4 Å². The van der Waals surface area contributed by atoms with Crippen molar-refractivity contribution in [1.82, 2.24) is 15.3 Å². The van der Waals surface area contributed by atoms with E-state index >= 15 is 0 Å². The second-order valence-corrected chi connectivity index (χ2v) is 10.1. The van der Waals surface area contributed by atoms with Crippen LogP contribution in [-0.4, -0.2) is 27.2 Å². The molecule has 7 nitrogen and oxygen atoms in total. The highest BCUT2D eigenvalue weighted by molar-refractivity contribution is 8.18. The number of aromatic nitrogens is 2. The highest BCUT2D eigenvalue weighted by atomic mass is 32.2. The molecule has 0 unspecified atom stereocenters. The van der Waals surface area contributed by atoms with Crippen LogP contribution in [0.3, 0.4) is 0 Å². The number of hydrogen-bond donors (Lipinski definition) is 3. The van der Waals surface area contributed by atoms with Gasteiger partial charge in [0.2, 0.25) is 5.95 Å². The summed E-state index contributed by atoms with van der Waals surface area (Å²) >= 11 is 2.48. The second kappa shape index (κ2) is 12.1. The van der Waals surface area contributed by atoms with E-state index in [0.717, 1.165) is 40.6 Å². The van der Waals surface area contributed by atoms with E-state index in [9.17, 15) is 14.0 Å². The monoisotopic (exact) mass is 511 g/mol. The molecule has 0 atom stereocenters. The lowest BCUT2D eigenvalue weighted by Gasteiger charge is -2.22. The summed E-state index contributed by atoms with van der Waals surface area (Å²) in [6.45, 7) is 0.438. The molecule has 1 aromatic carbocycles. The standard InChI is InChI=1S/C14H16N4O2S.C11H10FNS/c19-12-11(21-14(20)18-12)8-10-6-7-15-13(17-10)16-9-4-2-1-3-5-9;12-9-4-3-8(7-13)10(6-9)11-2-1-5-14-11/h6-9H,1-5H2,(H,15,16,17)(H,18,19,20);1-6H,7,13H2/b11-8-;. The molecule has 5 rings (SSSR count). The van der Waals surface area contributed by atoms with Crippen LogP contribution >= 0.6 is 23.1 Å². The number of halogens is 1. The normalized spacial score (nSPS) is 17.1. The second-order valence-electron chi connectivity index (χ2n) is 8.12. The lowest BCUT2D eigenvalue weighted by Crippen LogP contribution is -2.23. The molecule has 2 amide bonds. The first-order valence-electron chi connectivity index (χ1n) is 11.4. The van der Waals surface area contributed by atoms with E-state index in [4.69, 9.17) is 5.73 Å². The average molecular weight is 512 g/mol. The molecule has 2 fully saturated rings. The number of carbonyl (C=O) groups is 2. The van der Waals surface area contributed by atoms with Crippen LogP contribution < -0.4 is 16.4 Å². The van der Waals surface area contributed by atoms with Gasteiger partial charge < -0.3 is 11.1 Å². The lowest BCUT2D eigenvalue weighted by atomic mass is 9.96. The third-order valence-electron chi connectivity index (χ3n) is 5.61. The molecule has 0 spiro atoms. The fourth-order valence-electron chi connectivity index (χ4n) is 3.90. The predicted molar refractivity (Wildman–Crippen MR) is 139 cm³/mol. The number of amides is 2. The van der Waals surface area contributed by atoms with Crippen LogP contribution in [0.2, 0.25) is 0 Å². The van der Waals surface area contributed by atoms with E-state index in [1.807, 2.05) is 17.5 Å². The van der Waals surface area contributed by atoms with Crippen molar-refractivity contribution in [3.63, 3.8) is 0 Å². The Morgan fingerprint density at radius 1 is 1.17 bits per heavy atom. The van der Waals surface area contributed by atoms with Gasteiger partial charge in [0.15, 0.2) is 0 Å². The van der Waals surface area contributed by atoms with Crippen LogP contribution in [0.5, 0.6) is 0 Å². The number of imide groups is 1. The highest BCUT2D eigenvalue weighted by Gasteiger charge is 2.25. The topological polar surface area (TPSA) is 110 Å². The fourth-order valence-corrected chi connectivity index (χ4v) is 5.34. The first kappa shape index (κ1) is 25.0. The molecule has 0 bridgehead atoms. The number of benzene rings is 1. The Hall–Kier alpha value is -3.08. The maximum atomic E-state index is 13.0. The minimum Gasteiger partial charge on any atom is -0.351 e. The first-order valence-corrected chi connectivity index (χ1v) is 13.1. The van der Waals surface area contributed by atoms with E-state index in [-0.39, 0.29) is 17.0 Å². The molecule has 10 heteroatoms. The number of nitrogens with one attached hydrogen (secondary N) is 2. The van der Waals surface area contributed by atoms with E-state index in [2.05, 4.69) is 20.6 Å². The van der Waals surface area contributed by atoms with Gasteiger partial charge in [0.05, 0.1) is 10.6 Å².